The lowest BCUT2D eigenvalue weighted by atomic mass is 9.63. The minimum absolute atomic E-state index is 0.496. The maximum Gasteiger partial charge on any atom is -0.00758 e. The van der Waals surface area contributed by atoms with Gasteiger partial charge in [0.05, 0.1) is 0 Å². The van der Waals surface area contributed by atoms with Crippen LogP contribution < -0.4 is 0 Å². The zero-order valence-corrected chi connectivity index (χ0v) is 10.6. The van der Waals surface area contributed by atoms with Gasteiger partial charge in [0.25, 0.3) is 0 Å². The second-order valence-corrected chi connectivity index (χ2v) is 6.02. The Bertz CT molecular complexity index is 306. The van der Waals surface area contributed by atoms with Crippen LogP contribution in [0.3, 0.4) is 0 Å². The monoisotopic (exact) mass is 204 g/mol. The summed E-state index contributed by atoms with van der Waals surface area (Å²) in [7, 11) is 0. The summed E-state index contributed by atoms with van der Waals surface area (Å²) in [5.41, 5.74) is 3.80. The van der Waals surface area contributed by atoms with Crippen LogP contribution in [0, 0.1) is 17.3 Å². The smallest absolute Gasteiger partial charge is 0.00758 e. The number of allylic oxidation sites excluding steroid dienone is 4. The molecule has 0 heterocycles. The number of hydrogen-bond donors (Lipinski definition) is 0. The predicted molar refractivity (Wildman–Crippen MR) is 66.7 cm³/mol. The summed E-state index contributed by atoms with van der Waals surface area (Å²) in [6.45, 7) is 9.48. The van der Waals surface area contributed by atoms with Crippen molar-refractivity contribution in [3.05, 3.63) is 23.3 Å². The van der Waals surface area contributed by atoms with Crippen LogP contribution in [-0.2, 0) is 0 Å². The van der Waals surface area contributed by atoms with Crippen molar-refractivity contribution in [2.75, 3.05) is 0 Å². The first-order valence-corrected chi connectivity index (χ1v) is 6.45. The fraction of sp³-hybridized carbons (Fsp3) is 0.733. The van der Waals surface area contributed by atoms with Gasteiger partial charge < -0.3 is 0 Å². The van der Waals surface area contributed by atoms with E-state index in [-0.39, 0.29) is 0 Å². The van der Waals surface area contributed by atoms with E-state index in [0.717, 1.165) is 5.92 Å². The van der Waals surface area contributed by atoms with Crippen molar-refractivity contribution in [1.82, 2.24) is 0 Å². The van der Waals surface area contributed by atoms with Gasteiger partial charge in [0.15, 0.2) is 0 Å². The van der Waals surface area contributed by atoms with Gasteiger partial charge in [-0.15, -0.1) is 0 Å². The average Bonchev–Trinajstić information content (AvgIpc) is 2.17. The Kier molecular flexibility index (Phi) is 2.79. The van der Waals surface area contributed by atoms with Crippen LogP contribution in [0.5, 0.6) is 0 Å². The largest absolute Gasteiger partial charge is 0.0802 e. The number of fused-ring (bicyclic) bond motifs is 1. The molecule has 0 amide bonds. The molecule has 15 heavy (non-hydrogen) atoms. The standard InChI is InChI=1S/C15H24/c1-11(2)13-7-9-15(4)8-5-6-12(3)14(15)10-13/h7,10-12H,5-6,8-9H2,1-4H3/t12-,15-/m1/s1. The molecule has 0 unspecified atom stereocenters. The van der Waals surface area contributed by atoms with Gasteiger partial charge in [0.1, 0.15) is 0 Å². The van der Waals surface area contributed by atoms with Crippen molar-refractivity contribution in [3.8, 4) is 0 Å². The summed E-state index contributed by atoms with van der Waals surface area (Å²) in [4.78, 5) is 0. The van der Waals surface area contributed by atoms with Gasteiger partial charge in [-0.3, -0.25) is 0 Å². The molecular weight excluding hydrogens is 180 g/mol. The Balaban J connectivity index is 2.31. The Labute approximate surface area is 94.5 Å². The molecular formula is C15H24. The van der Waals surface area contributed by atoms with Crippen molar-refractivity contribution in [2.24, 2.45) is 17.3 Å². The normalized spacial score (nSPS) is 35.9. The fourth-order valence-electron chi connectivity index (χ4n) is 3.21. The third-order valence-electron chi connectivity index (χ3n) is 4.37. The third kappa shape index (κ3) is 1.91. The molecule has 0 aliphatic heterocycles. The van der Waals surface area contributed by atoms with Crippen molar-refractivity contribution >= 4 is 0 Å². The maximum atomic E-state index is 2.51. The number of hydrogen-bond acceptors (Lipinski definition) is 0. The molecule has 2 aliphatic rings. The van der Waals surface area contributed by atoms with E-state index in [1.54, 1.807) is 11.1 Å². The Morgan fingerprint density at radius 1 is 1.40 bits per heavy atom. The predicted octanol–water partition coefficient (Wildman–Crippen LogP) is 4.73. The second-order valence-electron chi connectivity index (χ2n) is 6.02. The zero-order chi connectivity index (χ0) is 11.1. The van der Waals surface area contributed by atoms with Gasteiger partial charge in [-0.25, -0.2) is 0 Å². The van der Waals surface area contributed by atoms with Crippen molar-refractivity contribution < 1.29 is 0 Å². The summed E-state index contributed by atoms with van der Waals surface area (Å²) in [6.07, 6.45) is 10.5. The molecule has 2 atom stereocenters. The molecule has 0 radical (unpaired) electrons. The van der Waals surface area contributed by atoms with Crippen molar-refractivity contribution in [3.63, 3.8) is 0 Å². The van der Waals surface area contributed by atoms with E-state index in [4.69, 9.17) is 0 Å². The summed E-state index contributed by atoms with van der Waals surface area (Å²) in [6, 6.07) is 0. The molecule has 2 rings (SSSR count). The van der Waals surface area contributed by atoms with E-state index in [1.807, 2.05) is 0 Å². The lowest BCUT2D eigenvalue weighted by Gasteiger charge is -2.42. The summed E-state index contributed by atoms with van der Waals surface area (Å²) < 4.78 is 0. The van der Waals surface area contributed by atoms with Crippen molar-refractivity contribution in [2.45, 2.75) is 53.4 Å². The molecule has 84 valence electrons. The van der Waals surface area contributed by atoms with Gasteiger partial charge in [0, 0.05) is 0 Å². The Morgan fingerprint density at radius 2 is 2.13 bits per heavy atom. The highest BCUT2D eigenvalue weighted by Gasteiger charge is 2.36. The first-order chi connectivity index (χ1) is 7.03. The lowest BCUT2D eigenvalue weighted by Crippen LogP contribution is -2.29. The average molecular weight is 204 g/mol. The first-order valence-electron chi connectivity index (χ1n) is 6.45. The highest BCUT2D eigenvalue weighted by atomic mass is 14.4. The molecule has 0 saturated heterocycles. The minimum atomic E-state index is 0.496. The fourth-order valence-corrected chi connectivity index (χ4v) is 3.21. The van der Waals surface area contributed by atoms with Gasteiger partial charge in [0.2, 0.25) is 0 Å². The van der Waals surface area contributed by atoms with Crippen LogP contribution >= 0.6 is 0 Å². The highest BCUT2D eigenvalue weighted by Crippen LogP contribution is 2.49. The zero-order valence-electron chi connectivity index (χ0n) is 10.6. The second kappa shape index (κ2) is 3.81. The van der Waals surface area contributed by atoms with Gasteiger partial charge >= 0.3 is 0 Å². The van der Waals surface area contributed by atoms with Crippen LogP contribution in [0.15, 0.2) is 23.3 Å². The van der Waals surface area contributed by atoms with E-state index < -0.39 is 0 Å². The molecule has 0 heteroatoms. The molecule has 0 aromatic rings. The molecule has 2 aliphatic carbocycles. The van der Waals surface area contributed by atoms with E-state index in [9.17, 15) is 0 Å². The summed E-state index contributed by atoms with van der Waals surface area (Å²) in [5, 5.41) is 0. The molecule has 1 fully saturated rings. The van der Waals surface area contributed by atoms with E-state index in [2.05, 4.69) is 39.8 Å². The third-order valence-corrected chi connectivity index (χ3v) is 4.37. The summed E-state index contributed by atoms with van der Waals surface area (Å²) >= 11 is 0. The van der Waals surface area contributed by atoms with Crippen LogP contribution in [0.1, 0.15) is 53.4 Å². The maximum absolute atomic E-state index is 2.51. The van der Waals surface area contributed by atoms with Crippen molar-refractivity contribution in [1.29, 1.82) is 0 Å². The van der Waals surface area contributed by atoms with Crippen LogP contribution in [0.25, 0.3) is 0 Å². The topological polar surface area (TPSA) is 0 Å². The van der Waals surface area contributed by atoms with E-state index >= 15 is 0 Å². The SMILES string of the molecule is CC(C)C1=CC[C@@]2(C)CCC[C@@H](C)C2=C1. The quantitative estimate of drug-likeness (QED) is 0.579. The minimum Gasteiger partial charge on any atom is -0.0802 e. The van der Waals surface area contributed by atoms with Gasteiger partial charge in [-0.05, 0) is 42.1 Å². The van der Waals surface area contributed by atoms with Gasteiger partial charge in [-0.2, -0.15) is 0 Å². The lowest BCUT2D eigenvalue weighted by molar-refractivity contribution is 0.261. The van der Waals surface area contributed by atoms with Crippen LogP contribution in [0.4, 0.5) is 0 Å². The summed E-state index contributed by atoms with van der Waals surface area (Å²) in [5.74, 6) is 1.50. The molecule has 0 aromatic heterocycles. The Morgan fingerprint density at radius 3 is 2.80 bits per heavy atom. The van der Waals surface area contributed by atoms with E-state index in [1.165, 1.54) is 25.7 Å². The first kappa shape index (κ1) is 11.0. The molecule has 0 aromatic carbocycles. The Hall–Kier alpha value is -0.520. The molecule has 0 spiro atoms. The highest BCUT2D eigenvalue weighted by molar-refractivity contribution is 5.36. The van der Waals surface area contributed by atoms with Gasteiger partial charge in [-0.1, -0.05) is 51.8 Å². The van der Waals surface area contributed by atoms with Crippen LogP contribution in [0.2, 0.25) is 0 Å². The molecule has 0 nitrogen and oxygen atoms in total. The van der Waals surface area contributed by atoms with E-state index in [0.29, 0.717) is 11.3 Å². The number of rotatable bonds is 1. The molecule has 0 N–H and O–H groups in total. The molecule has 0 bridgehead atoms. The van der Waals surface area contributed by atoms with Crippen LogP contribution in [-0.4, -0.2) is 0 Å². The molecule has 1 saturated carbocycles.